The molecule has 5 nitrogen and oxygen atoms in total. The fourth-order valence-electron chi connectivity index (χ4n) is 4.42. The summed E-state index contributed by atoms with van der Waals surface area (Å²) in [5, 5.41) is 16.1. The van der Waals surface area contributed by atoms with Crippen LogP contribution in [0.1, 0.15) is 62.0 Å². The van der Waals surface area contributed by atoms with Gasteiger partial charge in [-0.25, -0.2) is 0 Å². The molecule has 1 aliphatic rings. The minimum Gasteiger partial charge on any atom is -0.456 e. The molecule has 0 aromatic heterocycles. The molecule has 1 heterocycles. The normalized spacial score (nSPS) is 17.9. The minimum atomic E-state index is -0.0648. The molecule has 152 valence electrons. The Balaban J connectivity index is 1.73. The lowest BCUT2D eigenvalue weighted by Gasteiger charge is -2.46. The molecule has 0 saturated carbocycles. The molecule has 1 aliphatic heterocycles. The van der Waals surface area contributed by atoms with Gasteiger partial charge in [0.2, 0.25) is 0 Å². The van der Waals surface area contributed by atoms with Gasteiger partial charge in [0.25, 0.3) is 5.91 Å². The summed E-state index contributed by atoms with van der Waals surface area (Å²) < 4.78 is 5.86. The molecule has 2 N–H and O–H groups in total. The van der Waals surface area contributed by atoms with E-state index in [0.717, 1.165) is 18.4 Å². The zero-order chi connectivity index (χ0) is 21.2. The largest absolute Gasteiger partial charge is 0.456 e. The highest BCUT2D eigenvalue weighted by Crippen LogP contribution is 2.30. The molecule has 5 heteroatoms. The van der Waals surface area contributed by atoms with Gasteiger partial charge in [-0.05, 0) is 83.4 Å². The summed E-state index contributed by atoms with van der Waals surface area (Å²) in [6, 6.07) is 14.7. The van der Waals surface area contributed by atoms with E-state index in [-0.39, 0.29) is 23.0 Å². The van der Waals surface area contributed by atoms with Crippen LogP contribution in [0.2, 0.25) is 0 Å². The lowest BCUT2D eigenvalue weighted by Crippen LogP contribution is -2.62. The number of hydrogen-bond acceptors (Lipinski definition) is 4. The Morgan fingerprint density at radius 2 is 1.79 bits per heavy atom. The van der Waals surface area contributed by atoms with Crippen molar-refractivity contribution in [1.29, 1.82) is 5.26 Å². The number of nitrogens with one attached hydrogen (secondary N) is 2. The van der Waals surface area contributed by atoms with Gasteiger partial charge in [-0.2, -0.15) is 5.26 Å². The van der Waals surface area contributed by atoms with E-state index in [9.17, 15) is 10.1 Å². The van der Waals surface area contributed by atoms with E-state index in [1.54, 1.807) is 30.3 Å². The molecule has 3 rings (SSSR count). The Morgan fingerprint density at radius 3 is 2.41 bits per heavy atom. The summed E-state index contributed by atoms with van der Waals surface area (Å²) in [4.78, 5) is 12.9. The van der Waals surface area contributed by atoms with Crippen molar-refractivity contribution >= 4 is 5.91 Å². The summed E-state index contributed by atoms with van der Waals surface area (Å²) >= 11 is 0. The fourth-order valence-corrected chi connectivity index (χ4v) is 4.42. The quantitative estimate of drug-likeness (QED) is 0.792. The van der Waals surface area contributed by atoms with Gasteiger partial charge in [0, 0.05) is 22.7 Å². The first-order chi connectivity index (χ1) is 13.6. The van der Waals surface area contributed by atoms with E-state index >= 15 is 0 Å². The maximum absolute atomic E-state index is 12.9. The summed E-state index contributed by atoms with van der Waals surface area (Å²) in [6.45, 7) is 10.6. The second kappa shape index (κ2) is 7.88. The summed E-state index contributed by atoms with van der Waals surface area (Å²) in [5.41, 5.74) is 1.89. The highest BCUT2D eigenvalue weighted by Gasteiger charge is 2.38. The van der Waals surface area contributed by atoms with Crippen molar-refractivity contribution in [1.82, 2.24) is 10.6 Å². The number of nitrogens with zero attached hydrogens (tertiary/aromatic N) is 1. The Bertz CT molecular complexity index is 941. The van der Waals surface area contributed by atoms with Crippen LogP contribution in [0.3, 0.4) is 0 Å². The molecule has 0 radical (unpaired) electrons. The highest BCUT2D eigenvalue weighted by atomic mass is 16.5. The number of carbonyl (C=O) groups excluding carboxylic acids is 1. The first-order valence-corrected chi connectivity index (χ1v) is 9.96. The number of nitriles is 1. The summed E-state index contributed by atoms with van der Waals surface area (Å²) in [7, 11) is 0. The zero-order valence-electron chi connectivity index (χ0n) is 17.8. The molecule has 1 amide bonds. The fraction of sp³-hybridized carbons (Fsp3) is 0.417. The first kappa shape index (κ1) is 20.9. The molecule has 1 saturated heterocycles. The van der Waals surface area contributed by atoms with E-state index < -0.39 is 0 Å². The van der Waals surface area contributed by atoms with E-state index in [0.29, 0.717) is 22.6 Å². The maximum Gasteiger partial charge on any atom is 0.251 e. The third-order valence-corrected chi connectivity index (χ3v) is 5.20. The standard InChI is InChI=1S/C24H29N3O2/c1-16-12-19(29-21-9-7-6-8-17(21)15-25)10-11-20(16)22(28)26-18-13-23(2,3)27-24(4,5)14-18/h6-12,18,27H,13-14H2,1-5H3,(H,26,28). The number of carbonyl (C=O) groups is 1. The number of amides is 1. The zero-order valence-corrected chi connectivity index (χ0v) is 17.8. The van der Waals surface area contributed by atoms with Crippen LogP contribution in [-0.4, -0.2) is 23.0 Å². The molecule has 0 spiro atoms. The van der Waals surface area contributed by atoms with E-state index in [4.69, 9.17) is 4.74 Å². The van der Waals surface area contributed by atoms with Crippen LogP contribution in [0.15, 0.2) is 42.5 Å². The van der Waals surface area contributed by atoms with Crippen molar-refractivity contribution in [2.75, 3.05) is 0 Å². The van der Waals surface area contributed by atoms with Gasteiger partial charge in [-0.3, -0.25) is 4.79 Å². The maximum atomic E-state index is 12.9. The average molecular weight is 392 g/mol. The Labute approximate surface area is 173 Å². The van der Waals surface area contributed by atoms with Gasteiger partial charge in [0.15, 0.2) is 0 Å². The smallest absolute Gasteiger partial charge is 0.251 e. The SMILES string of the molecule is Cc1cc(Oc2ccccc2C#N)ccc1C(=O)NC1CC(C)(C)NC(C)(C)C1. The number of ether oxygens (including phenoxy) is 1. The summed E-state index contributed by atoms with van der Waals surface area (Å²) in [5.74, 6) is 1.04. The predicted molar refractivity (Wildman–Crippen MR) is 114 cm³/mol. The lowest BCUT2D eigenvalue weighted by molar-refractivity contribution is 0.0872. The van der Waals surface area contributed by atoms with Gasteiger partial charge < -0.3 is 15.4 Å². The molecule has 1 fully saturated rings. The Hall–Kier alpha value is -2.84. The van der Waals surface area contributed by atoms with E-state index in [1.165, 1.54) is 0 Å². The van der Waals surface area contributed by atoms with Crippen molar-refractivity contribution in [2.45, 2.75) is 64.6 Å². The van der Waals surface area contributed by atoms with Crippen molar-refractivity contribution < 1.29 is 9.53 Å². The molecule has 0 bridgehead atoms. The van der Waals surface area contributed by atoms with Crippen molar-refractivity contribution in [3.63, 3.8) is 0 Å². The van der Waals surface area contributed by atoms with Gasteiger partial charge in [-0.15, -0.1) is 0 Å². The van der Waals surface area contributed by atoms with Crippen molar-refractivity contribution in [2.24, 2.45) is 0 Å². The summed E-state index contributed by atoms with van der Waals surface area (Å²) in [6.07, 6.45) is 1.76. The van der Waals surface area contributed by atoms with Crippen molar-refractivity contribution in [3.05, 3.63) is 59.2 Å². The Morgan fingerprint density at radius 1 is 1.14 bits per heavy atom. The van der Waals surface area contributed by atoms with Crippen LogP contribution in [0.4, 0.5) is 0 Å². The van der Waals surface area contributed by atoms with Crippen LogP contribution in [-0.2, 0) is 0 Å². The van der Waals surface area contributed by atoms with Crippen molar-refractivity contribution in [3.8, 4) is 17.6 Å². The third kappa shape index (κ3) is 5.16. The van der Waals surface area contributed by atoms with Gasteiger partial charge in [0.1, 0.15) is 17.6 Å². The second-order valence-electron chi connectivity index (χ2n) is 9.16. The molecular weight excluding hydrogens is 362 g/mol. The number of benzene rings is 2. The molecule has 29 heavy (non-hydrogen) atoms. The molecule has 0 atom stereocenters. The number of rotatable bonds is 4. The molecule has 2 aromatic carbocycles. The van der Waals surface area contributed by atoms with Crippen LogP contribution < -0.4 is 15.4 Å². The minimum absolute atomic E-state index is 0.0272. The number of para-hydroxylation sites is 1. The number of piperidine rings is 1. The van der Waals surface area contributed by atoms with Gasteiger partial charge in [-0.1, -0.05) is 12.1 Å². The number of hydrogen-bond donors (Lipinski definition) is 2. The monoisotopic (exact) mass is 391 g/mol. The van der Waals surface area contributed by atoms with Gasteiger partial charge in [0.05, 0.1) is 5.56 Å². The van der Waals surface area contributed by atoms with Crippen LogP contribution in [0.25, 0.3) is 0 Å². The van der Waals surface area contributed by atoms with E-state index in [1.807, 2.05) is 19.1 Å². The molecule has 0 aliphatic carbocycles. The molecular formula is C24H29N3O2. The molecule has 2 aromatic rings. The average Bonchev–Trinajstić information content (AvgIpc) is 2.59. The van der Waals surface area contributed by atoms with Crippen LogP contribution >= 0.6 is 0 Å². The predicted octanol–water partition coefficient (Wildman–Crippen LogP) is 4.70. The third-order valence-electron chi connectivity index (χ3n) is 5.20. The van der Waals surface area contributed by atoms with Gasteiger partial charge >= 0.3 is 0 Å². The topological polar surface area (TPSA) is 74.1 Å². The molecule has 0 unspecified atom stereocenters. The first-order valence-electron chi connectivity index (χ1n) is 9.96. The van der Waals surface area contributed by atoms with Crippen LogP contribution in [0, 0.1) is 18.3 Å². The lowest BCUT2D eigenvalue weighted by atomic mass is 9.79. The number of aryl methyl sites for hydroxylation is 1. The highest BCUT2D eigenvalue weighted by molar-refractivity contribution is 5.96. The van der Waals surface area contributed by atoms with E-state index in [2.05, 4.69) is 44.4 Å². The Kier molecular flexibility index (Phi) is 5.68. The van der Waals surface area contributed by atoms with Crippen LogP contribution in [0.5, 0.6) is 11.5 Å². The second-order valence-corrected chi connectivity index (χ2v) is 9.16.